The van der Waals surface area contributed by atoms with Gasteiger partial charge in [-0.1, -0.05) is 42.8 Å². The number of carbonyl (C=O) groups is 1. The van der Waals surface area contributed by atoms with Crippen LogP contribution in [-0.2, 0) is 17.8 Å². The minimum atomic E-state index is -0.620. The minimum Gasteiger partial charge on any atom is -0.299 e. The molecule has 0 amide bonds. The molecule has 2 aromatic carbocycles. The fraction of sp³-hybridized carbons (Fsp3) is 0.435. The number of rotatable bonds is 5. The normalized spacial score (nSPS) is 25.3. The molecule has 0 radical (unpaired) electrons. The van der Waals surface area contributed by atoms with Crippen LogP contribution >= 0.6 is 0 Å². The number of nitrogens with zero attached hydrogens (tertiary/aromatic N) is 1. The van der Waals surface area contributed by atoms with Crippen molar-refractivity contribution in [2.75, 3.05) is 0 Å². The third-order valence-electron chi connectivity index (χ3n) is 6.17. The maximum Gasteiger partial charge on any atom is 0.140 e. The van der Waals surface area contributed by atoms with Crippen molar-refractivity contribution in [3.63, 3.8) is 0 Å². The van der Waals surface area contributed by atoms with E-state index in [4.69, 9.17) is 0 Å². The predicted molar refractivity (Wildman–Crippen MR) is 101 cm³/mol. The molecule has 2 aromatic rings. The molecule has 2 fully saturated rings. The van der Waals surface area contributed by atoms with Crippen molar-refractivity contribution in [2.24, 2.45) is 5.92 Å². The Morgan fingerprint density at radius 1 is 1.00 bits per heavy atom. The zero-order chi connectivity index (χ0) is 18.8. The highest BCUT2D eigenvalue weighted by Gasteiger charge is 2.40. The van der Waals surface area contributed by atoms with E-state index in [0.717, 1.165) is 38.3 Å². The molecule has 4 heteroatoms. The lowest BCUT2D eigenvalue weighted by molar-refractivity contribution is -0.126. The first kappa shape index (κ1) is 18.3. The SMILES string of the molecule is O=C(Cc1ccc(F)cc1F)C1CC2CCCC(C1)N2Cc1ccccc1. The van der Waals surface area contributed by atoms with Gasteiger partial charge in [-0.15, -0.1) is 0 Å². The Balaban J connectivity index is 1.44. The summed E-state index contributed by atoms with van der Waals surface area (Å²) in [5.41, 5.74) is 1.62. The second-order valence-corrected chi connectivity index (χ2v) is 7.94. The van der Waals surface area contributed by atoms with E-state index in [1.54, 1.807) is 0 Å². The number of fused-ring (bicyclic) bond motifs is 2. The molecule has 2 aliphatic heterocycles. The Hall–Kier alpha value is -2.07. The van der Waals surface area contributed by atoms with Gasteiger partial charge in [0, 0.05) is 37.0 Å². The Morgan fingerprint density at radius 3 is 2.37 bits per heavy atom. The van der Waals surface area contributed by atoms with Gasteiger partial charge < -0.3 is 0 Å². The van der Waals surface area contributed by atoms with Crippen LogP contribution in [0.25, 0.3) is 0 Å². The average Bonchev–Trinajstić information content (AvgIpc) is 2.64. The maximum absolute atomic E-state index is 13.9. The van der Waals surface area contributed by atoms with E-state index in [1.165, 1.54) is 24.1 Å². The van der Waals surface area contributed by atoms with Crippen molar-refractivity contribution in [1.29, 1.82) is 0 Å². The van der Waals surface area contributed by atoms with E-state index in [2.05, 4.69) is 29.2 Å². The van der Waals surface area contributed by atoms with Crippen molar-refractivity contribution in [3.8, 4) is 0 Å². The van der Waals surface area contributed by atoms with Crippen LogP contribution in [-0.4, -0.2) is 22.8 Å². The summed E-state index contributed by atoms with van der Waals surface area (Å²) in [6.07, 6.45) is 5.23. The molecule has 2 heterocycles. The Kier molecular flexibility index (Phi) is 5.35. The number of Topliss-reactive ketones (excluding diaryl/α,β-unsaturated/α-hetero) is 1. The highest BCUT2D eigenvalue weighted by Crippen LogP contribution is 2.38. The fourth-order valence-electron chi connectivity index (χ4n) is 4.79. The third-order valence-corrected chi connectivity index (χ3v) is 6.17. The number of hydrogen-bond donors (Lipinski definition) is 0. The molecule has 0 saturated carbocycles. The molecule has 27 heavy (non-hydrogen) atoms. The molecule has 0 aliphatic carbocycles. The zero-order valence-electron chi connectivity index (χ0n) is 15.4. The van der Waals surface area contributed by atoms with Gasteiger partial charge in [0.1, 0.15) is 17.4 Å². The van der Waals surface area contributed by atoms with Crippen LogP contribution in [0, 0.1) is 17.6 Å². The third kappa shape index (κ3) is 4.11. The van der Waals surface area contributed by atoms with Crippen molar-refractivity contribution in [2.45, 2.75) is 57.2 Å². The second kappa shape index (κ2) is 7.89. The number of piperidine rings is 2. The number of benzene rings is 2. The summed E-state index contributed by atoms with van der Waals surface area (Å²) < 4.78 is 27.0. The summed E-state index contributed by atoms with van der Waals surface area (Å²) in [5.74, 6) is -1.15. The van der Waals surface area contributed by atoms with Gasteiger partial charge in [0.15, 0.2) is 0 Å². The van der Waals surface area contributed by atoms with Crippen LogP contribution in [0.5, 0.6) is 0 Å². The van der Waals surface area contributed by atoms with Gasteiger partial charge >= 0.3 is 0 Å². The molecule has 0 N–H and O–H groups in total. The van der Waals surface area contributed by atoms with Gasteiger partial charge in [-0.3, -0.25) is 9.69 Å². The first-order valence-electron chi connectivity index (χ1n) is 9.86. The molecule has 2 nitrogen and oxygen atoms in total. The summed E-state index contributed by atoms with van der Waals surface area (Å²) >= 11 is 0. The molecule has 0 aromatic heterocycles. The number of carbonyl (C=O) groups excluding carboxylic acids is 1. The molecule has 2 aliphatic rings. The van der Waals surface area contributed by atoms with E-state index in [0.29, 0.717) is 17.6 Å². The van der Waals surface area contributed by atoms with Crippen LogP contribution < -0.4 is 0 Å². The van der Waals surface area contributed by atoms with Crippen molar-refractivity contribution in [1.82, 2.24) is 4.90 Å². The van der Waals surface area contributed by atoms with E-state index in [9.17, 15) is 13.6 Å². The van der Waals surface area contributed by atoms with Gasteiger partial charge in [-0.2, -0.15) is 0 Å². The van der Waals surface area contributed by atoms with Gasteiger partial charge in [-0.05, 0) is 42.9 Å². The first-order chi connectivity index (χ1) is 13.1. The fourth-order valence-corrected chi connectivity index (χ4v) is 4.79. The van der Waals surface area contributed by atoms with Crippen molar-refractivity contribution < 1.29 is 13.6 Å². The van der Waals surface area contributed by atoms with Gasteiger partial charge in [0.2, 0.25) is 0 Å². The molecular weight excluding hydrogens is 344 g/mol. The smallest absolute Gasteiger partial charge is 0.140 e. The van der Waals surface area contributed by atoms with Crippen LogP contribution in [0.1, 0.15) is 43.2 Å². The Morgan fingerprint density at radius 2 is 1.70 bits per heavy atom. The number of hydrogen-bond acceptors (Lipinski definition) is 2. The van der Waals surface area contributed by atoms with Gasteiger partial charge in [-0.25, -0.2) is 8.78 Å². The molecule has 2 atom stereocenters. The summed E-state index contributed by atoms with van der Waals surface area (Å²) in [5, 5.41) is 0. The van der Waals surface area contributed by atoms with Crippen LogP contribution in [0.15, 0.2) is 48.5 Å². The molecule has 2 unspecified atom stereocenters. The zero-order valence-corrected chi connectivity index (χ0v) is 15.4. The lowest BCUT2D eigenvalue weighted by Gasteiger charge is -2.48. The predicted octanol–water partition coefficient (Wildman–Crippen LogP) is 4.91. The van der Waals surface area contributed by atoms with Crippen molar-refractivity contribution in [3.05, 3.63) is 71.3 Å². The molecular formula is C23H25F2NO. The molecule has 142 valence electrons. The summed E-state index contributed by atoms with van der Waals surface area (Å²) in [6, 6.07) is 14.8. The number of ketones is 1. The monoisotopic (exact) mass is 369 g/mol. The quantitative estimate of drug-likeness (QED) is 0.746. The Labute approximate surface area is 159 Å². The van der Waals surface area contributed by atoms with Gasteiger partial charge in [0.25, 0.3) is 0 Å². The van der Waals surface area contributed by atoms with Crippen LogP contribution in [0.4, 0.5) is 8.78 Å². The van der Waals surface area contributed by atoms with Crippen molar-refractivity contribution >= 4 is 5.78 Å². The molecule has 0 spiro atoms. The van der Waals surface area contributed by atoms with Crippen LogP contribution in [0.2, 0.25) is 0 Å². The van der Waals surface area contributed by atoms with Gasteiger partial charge in [0.05, 0.1) is 0 Å². The number of halogens is 2. The lowest BCUT2D eigenvalue weighted by Crippen LogP contribution is -2.52. The van der Waals surface area contributed by atoms with E-state index in [-0.39, 0.29) is 18.1 Å². The molecule has 4 rings (SSSR count). The summed E-state index contributed by atoms with van der Waals surface area (Å²) in [6.45, 7) is 0.934. The van der Waals surface area contributed by atoms with E-state index >= 15 is 0 Å². The molecule has 2 saturated heterocycles. The van der Waals surface area contributed by atoms with Crippen LogP contribution in [0.3, 0.4) is 0 Å². The average molecular weight is 369 g/mol. The highest BCUT2D eigenvalue weighted by molar-refractivity contribution is 5.83. The summed E-state index contributed by atoms with van der Waals surface area (Å²) in [4.78, 5) is 15.4. The maximum atomic E-state index is 13.9. The molecule has 2 bridgehead atoms. The van der Waals surface area contributed by atoms with E-state index < -0.39 is 11.6 Å². The largest absolute Gasteiger partial charge is 0.299 e. The topological polar surface area (TPSA) is 20.3 Å². The van der Waals surface area contributed by atoms with E-state index in [1.807, 2.05) is 6.07 Å². The highest BCUT2D eigenvalue weighted by atomic mass is 19.1. The Bertz CT molecular complexity index is 793. The lowest BCUT2D eigenvalue weighted by atomic mass is 9.75. The standard InChI is InChI=1S/C23H25F2NO/c24-19-10-9-17(22(25)14-19)13-23(27)18-11-20-7-4-8-21(12-18)26(20)15-16-5-2-1-3-6-16/h1-3,5-6,9-10,14,18,20-21H,4,7-8,11-13,15H2. The second-order valence-electron chi connectivity index (χ2n) is 7.94. The summed E-state index contributed by atoms with van der Waals surface area (Å²) in [7, 11) is 0. The first-order valence-corrected chi connectivity index (χ1v) is 9.86. The minimum absolute atomic E-state index is 0.0169.